The largest absolute Gasteiger partial charge is 0.302 e. The average Bonchev–Trinajstić information content (AvgIpc) is 3.24. The minimum atomic E-state index is -0.447. The normalized spacial score (nSPS) is 11.7. The van der Waals surface area contributed by atoms with Crippen molar-refractivity contribution in [3.05, 3.63) is 76.6 Å². The van der Waals surface area contributed by atoms with Crippen LogP contribution in [0.3, 0.4) is 0 Å². The first-order valence-electron chi connectivity index (χ1n) is 8.50. The summed E-state index contributed by atoms with van der Waals surface area (Å²) in [7, 11) is 0. The molecule has 0 aliphatic carbocycles. The Morgan fingerprint density at radius 2 is 2.04 bits per heavy atom. The van der Waals surface area contributed by atoms with Gasteiger partial charge in [-0.3, -0.25) is 4.79 Å². The summed E-state index contributed by atoms with van der Waals surface area (Å²) in [4.78, 5) is 17.4. The summed E-state index contributed by atoms with van der Waals surface area (Å²) in [6.07, 6.45) is 6.93. The van der Waals surface area contributed by atoms with Crippen LogP contribution < -0.4 is 4.80 Å². The highest BCUT2D eigenvalue weighted by Gasteiger charge is 2.16. The number of carbonyl (C=O) groups excluding carboxylic acids is 1. The molecule has 0 aliphatic heterocycles. The average molecular weight is 390 g/mol. The molecule has 4 rings (SSSR count). The van der Waals surface area contributed by atoms with Gasteiger partial charge >= 0.3 is 0 Å². The van der Waals surface area contributed by atoms with Gasteiger partial charge in [0.15, 0.2) is 4.80 Å². The van der Waals surface area contributed by atoms with Crippen molar-refractivity contribution in [2.75, 3.05) is 0 Å². The molecular formula is C21H15FN4OS. The predicted octanol–water partition coefficient (Wildman–Crippen LogP) is 3.71. The SMILES string of the molecule is C#CCn1c(=NC(=O)c2cnn(-c3ccccc3)c2C)sc2cccc(F)c21. The molecule has 2 aromatic carbocycles. The third kappa shape index (κ3) is 3.04. The number of thiazole rings is 1. The van der Waals surface area contributed by atoms with E-state index in [1.54, 1.807) is 21.4 Å². The molecule has 2 aromatic heterocycles. The van der Waals surface area contributed by atoms with Gasteiger partial charge in [0.2, 0.25) is 0 Å². The van der Waals surface area contributed by atoms with Gasteiger partial charge in [0.1, 0.15) is 5.82 Å². The standard InChI is InChI=1S/C21H15FN4OS/c1-3-12-25-19-17(22)10-7-11-18(19)28-21(25)24-20(27)16-13-23-26(14(16)2)15-8-5-4-6-9-15/h1,4-11,13H,12H2,2H3. The molecular weight excluding hydrogens is 375 g/mol. The molecule has 4 aromatic rings. The van der Waals surface area contributed by atoms with E-state index in [4.69, 9.17) is 6.42 Å². The summed E-state index contributed by atoms with van der Waals surface area (Å²) in [6, 6.07) is 14.3. The Labute approximate surface area is 164 Å². The second-order valence-electron chi connectivity index (χ2n) is 6.07. The number of para-hydroxylation sites is 2. The van der Waals surface area contributed by atoms with Gasteiger partial charge in [-0.25, -0.2) is 9.07 Å². The van der Waals surface area contributed by atoms with Crippen molar-refractivity contribution < 1.29 is 9.18 Å². The van der Waals surface area contributed by atoms with Crippen molar-refractivity contribution in [2.45, 2.75) is 13.5 Å². The van der Waals surface area contributed by atoms with Gasteiger partial charge < -0.3 is 4.57 Å². The summed E-state index contributed by atoms with van der Waals surface area (Å²) < 4.78 is 18.2. The van der Waals surface area contributed by atoms with Gasteiger partial charge in [-0.1, -0.05) is 41.5 Å². The van der Waals surface area contributed by atoms with Crippen LogP contribution in [0.4, 0.5) is 4.39 Å². The molecule has 0 unspecified atom stereocenters. The molecule has 0 aliphatic rings. The van der Waals surface area contributed by atoms with Crippen LogP contribution in [0, 0.1) is 25.1 Å². The number of hydrogen-bond donors (Lipinski definition) is 0. The Bertz CT molecular complexity index is 1290. The Morgan fingerprint density at radius 1 is 1.25 bits per heavy atom. The van der Waals surface area contributed by atoms with Crippen LogP contribution in [0.1, 0.15) is 16.1 Å². The van der Waals surface area contributed by atoms with E-state index in [1.165, 1.54) is 23.6 Å². The number of fused-ring (bicyclic) bond motifs is 1. The first kappa shape index (κ1) is 17.9. The predicted molar refractivity (Wildman–Crippen MR) is 107 cm³/mol. The van der Waals surface area contributed by atoms with Crippen LogP contribution in [-0.2, 0) is 6.54 Å². The van der Waals surface area contributed by atoms with E-state index in [0.29, 0.717) is 26.3 Å². The Balaban J connectivity index is 1.82. The fourth-order valence-electron chi connectivity index (χ4n) is 3.01. The van der Waals surface area contributed by atoms with Gasteiger partial charge in [-0.05, 0) is 31.2 Å². The van der Waals surface area contributed by atoms with E-state index in [-0.39, 0.29) is 6.54 Å². The van der Waals surface area contributed by atoms with Crippen molar-refractivity contribution in [3.63, 3.8) is 0 Å². The van der Waals surface area contributed by atoms with Crippen molar-refractivity contribution in [3.8, 4) is 18.0 Å². The third-order valence-electron chi connectivity index (χ3n) is 4.34. The summed E-state index contributed by atoms with van der Waals surface area (Å²) in [6.45, 7) is 1.93. The number of benzene rings is 2. The lowest BCUT2D eigenvalue weighted by Gasteiger charge is -2.04. The van der Waals surface area contributed by atoms with Crippen molar-refractivity contribution in [2.24, 2.45) is 4.99 Å². The van der Waals surface area contributed by atoms with E-state index in [0.717, 1.165) is 5.69 Å². The summed E-state index contributed by atoms with van der Waals surface area (Å²) in [5.41, 5.74) is 2.27. The van der Waals surface area contributed by atoms with E-state index in [9.17, 15) is 9.18 Å². The van der Waals surface area contributed by atoms with E-state index < -0.39 is 11.7 Å². The molecule has 0 saturated carbocycles. The molecule has 5 nitrogen and oxygen atoms in total. The van der Waals surface area contributed by atoms with Gasteiger partial charge in [0.05, 0.1) is 39.9 Å². The summed E-state index contributed by atoms with van der Waals surface area (Å²) in [5, 5.41) is 4.30. The Hall–Kier alpha value is -3.50. The molecule has 0 spiro atoms. The van der Waals surface area contributed by atoms with Crippen LogP contribution in [0.5, 0.6) is 0 Å². The number of carbonyl (C=O) groups is 1. The first-order chi connectivity index (χ1) is 13.6. The second-order valence-corrected chi connectivity index (χ2v) is 7.08. The van der Waals surface area contributed by atoms with Gasteiger partial charge in [-0.15, -0.1) is 6.42 Å². The number of terminal acetylenes is 1. The Kier molecular flexibility index (Phi) is 4.63. The topological polar surface area (TPSA) is 52.2 Å². The van der Waals surface area contributed by atoms with Crippen LogP contribution in [-0.4, -0.2) is 20.3 Å². The maximum absolute atomic E-state index is 14.3. The van der Waals surface area contributed by atoms with E-state index in [2.05, 4.69) is 16.0 Å². The van der Waals surface area contributed by atoms with Crippen LogP contribution >= 0.6 is 11.3 Å². The van der Waals surface area contributed by atoms with Crippen LogP contribution in [0.25, 0.3) is 15.9 Å². The molecule has 2 heterocycles. The van der Waals surface area contributed by atoms with Gasteiger partial charge in [0, 0.05) is 0 Å². The molecule has 28 heavy (non-hydrogen) atoms. The number of nitrogens with zero attached hydrogens (tertiary/aromatic N) is 4. The maximum Gasteiger partial charge on any atom is 0.283 e. The van der Waals surface area contributed by atoms with E-state index >= 15 is 0 Å². The highest BCUT2D eigenvalue weighted by Crippen LogP contribution is 2.21. The number of rotatable bonds is 3. The number of amides is 1. The first-order valence-corrected chi connectivity index (χ1v) is 9.32. The summed E-state index contributed by atoms with van der Waals surface area (Å²) in [5.74, 6) is 1.65. The van der Waals surface area contributed by atoms with Gasteiger partial charge in [-0.2, -0.15) is 10.1 Å². The molecule has 0 fully saturated rings. The molecule has 7 heteroatoms. The fourth-order valence-corrected chi connectivity index (χ4v) is 4.05. The van der Waals surface area contributed by atoms with Crippen molar-refractivity contribution in [1.82, 2.24) is 14.3 Å². The molecule has 0 N–H and O–H groups in total. The highest BCUT2D eigenvalue weighted by atomic mass is 32.1. The van der Waals surface area contributed by atoms with Crippen molar-refractivity contribution in [1.29, 1.82) is 0 Å². The zero-order valence-corrected chi connectivity index (χ0v) is 15.8. The lowest BCUT2D eigenvalue weighted by molar-refractivity contribution is 0.0997. The van der Waals surface area contributed by atoms with E-state index in [1.807, 2.05) is 37.3 Å². The minimum absolute atomic E-state index is 0.120. The zero-order valence-electron chi connectivity index (χ0n) is 15.0. The number of aromatic nitrogens is 3. The molecule has 0 bridgehead atoms. The third-order valence-corrected chi connectivity index (χ3v) is 5.38. The van der Waals surface area contributed by atoms with Gasteiger partial charge in [0.25, 0.3) is 5.91 Å². The lowest BCUT2D eigenvalue weighted by atomic mass is 10.2. The van der Waals surface area contributed by atoms with Crippen LogP contribution in [0.2, 0.25) is 0 Å². The molecule has 0 radical (unpaired) electrons. The lowest BCUT2D eigenvalue weighted by Crippen LogP contribution is -2.17. The monoisotopic (exact) mass is 390 g/mol. The quantitative estimate of drug-likeness (QED) is 0.501. The number of hydrogen-bond acceptors (Lipinski definition) is 3. The summed E-state index contributed by atoms with van der Waals surface area (Å²) >= 11 is 1.22. The smallest absolute Gasteiger partial charge is 0.283 e. The Morgan fingerprint density at radius 3 is 2.79 bits per heavy atom. The zero-order chi connectivity index (χ0) is 19.7. The molecule has 1 amide bonds. The molecule has 0 atom stereocenters. The molecule has 138 valence electrons. The minimum Gasteiger partial charge on any atom is -0.302 e. The number of halogens is 1. The second kappa shape index (κ2) is 7.25. The maximum atomic E-state index is 14.3. The van der Waals surface area contributed by atoms with Crippen molar-refractivity contribution >= 4 is 27.5 Å². The fraction of sp³-hybridized carbons (Fsp3) is 0.0952. The molecule has 0 saturated heterocycles. The van der Waals surface area contributed by atoms with Crippen LogP contribution in [0.15, 0.2) is 59.7 Å². The highest BCUT2D eigenvalue weighted by molar-refractivity contribution is 7.16.